The fourth-order valence-corrected chi connectivity index (χ4v) is 2.24. The molecule has 2 nitrogen and oxygen atoms in total. The summed E-state index contributed by atoms with van der Waals surface area (Å²) in [7, 11) is 0. The Labute approximate surface area is 110 Å². The van der Waals surface area contributed by atoms with Crippen molar-refractivity contribution in [3.8, 4) is 5.75 Å². The first-order valence-corrected chi connectivity index (χ1v) is 6.55. The fourth-order valence-electron chi connectivity index (χ4n) is 1.45. The molecule has 1 aromatic carbocycles. The molecule has 2 N–H and O–H groups in total. The van der Waals surface area contributed by atoms with E-state index >= 15 is 0 Å². The first-order chi connectivity index (χ1) is 8.24. The molecule has 17 heavy (non-hydrogen) atoms. The third-order valence-corrected chi connectivity index (χ3v) is 3.26. The summed E-state index contributed by atoms with van der Waals surface area (Å²) in [6, 6.07) is 12.0. The average Bonchev–Trinajstić information content (AvgIpc) is 2.80. The van der Waals surface area contributed by atoms with Crippen LogP contribution in [0.1, 0.15) is 10.4 Å². The van der Waals surface area contributed by atoms with Gasteiger partial charge in [-0.3, -0.25) is 0 Å². The number of hydrogen-bond acceptors (Lipinski definition) is 3. The van der Waals surface area contributed by atoms with E-state index in [9.17, 15) is 0 Å². The van der Waals surface area contributed by atoms with Gasteiger partial charge in [0, 0.05) is 11.3 Å². The van der Waals surface area contributed by atoms with Crippen molar-refractivity contribution < 1.29 is 4.74 Å². The van der Waals surface area contributed by atoms with Crippen LogP contribution in [0.4, 0.5) is 0 Å². The van der Waals surface area contributed by atoms with Crippen LogP contribution in [0.2, 0.25) is 0 Å². The van der Waals surface area contributed by atoms with Gasteiger partial charge in [-0.2, -0.15) is 0 Å². The van der Waals surface area contributed by atoms with Crippen LogP contribution in [0.5, 0.6) is 5.75 Å². The van der Waals surface area contributed by atoms with E-state index in [4.69, 9.17) is 22.7 Å². The Bertz CT molecular complexity index is 477. The molecule has 0 saturated heterocycles. The zero-order valence-corrected chi connectivity index (χ0v) is 10.9. The largest absolute Gasteiger partial charge is 0.488 e. The normalized spacial score (nSPS) is 10.1. The van der Waals surface area contributed by atoms with Gasteiger partial charge in [-0.25, -0.2) is 0 Å². The molecule has 0 atom stereocenters. The summed E-state index contributed by atoms with van der Waals surface area (Å²) in [5.74, 6) is 0.866. The standard InChI is InChI=1S/C13H13NOS2/c14-13(16)8-10-3-5-11(6-4-10)15-9-12-2-1-7-17-12/h1-7H,8-9H2,(H2,14,16). The van der Waals surface area contributed by atoms with Gasteiger partial charge in [0.15, 0.2) is 0 Å². The van der Waals surface area contributed by atoms with Crippen LogP contribution in [-0.4, -0.2) is 4.99 Å². The second kappa shape index (κ2) is 5.80. The lowest BCUT2D eigenvalue weighted by Crippen LogP contribution is -2.10. The number of rotatable bonds is 5. The monoisotopic (exact) mass is 263 g/mol. The molecule has 0 saturated carbocycles. The maximum Gasteiger partial charge on any atom is 0.122 e. The quantitative estimate of drug-likeness (QED) is 0.842. The van der Waals surface area contributed by atoms with Crippen LogP contribution in [0.25, 0.3) is 0 Å². The number of nitrogens with two attached hydrogens (primary N) is 1. The summed E-state index contributed by atoms with van der Waals surface area (Å²) >= 11 is 6.56. The molecular formula is C13H13NOS2. The van der Waals surface area contributed by atoms with E-state index in [1.807, 2.05) is 35.7 Å². The summed E-state index contributed by atoms with van der Waals surface area (Å²) in [5, 5.41) is 2.05. The Morgan fingerprint density at radius 1 is 1.24 bits per heavy atom. The smallest absolute Gasteiger partial charge is 0.122 e. The second-order valence-electron chi connectivity index (χ2n) is 3.66. The maximum absolute atomic E-state index is 5.66. The lowest BCUT2D eigenvalue weighted by Gasteiger charge is -2.05. The molecule has 0 spiro atoms. The van der Waals surface area contributed by atoms with E-state index < -0.39 is 0 Å². The van der Waals surface area contributed by atoms with Crippen LogP contribution in [-0.2, 0) is 13.0 Å². The van der Waals surface area contributed by atoms with Crippen molar-refractivity contribution >= 4 is 28.5 Å². The van der Waals surface area contributed by atoms with Crippen molar-refractivity contribution in [2.75, 3.05) is 0 Å². The number of thiophene rings is 1. The summed E-state index contributed by atoms with van der Waals surface area (Å²) in [4.78, 5) is 1.73. The van der Waals surface area contributed by atoms with Gasteiger partial charge in [0.25, 0.3) is 0 Å². The molecule has 0 aliphatic rings. The molecule has 1 aromatic heterocycles. The first kappa shape index (κ1) is 12.1. The minimum Gasteiger partial charge on any atom is -0.488 e. The van der Waals surface area contributed by atoms with E-state index in [1.165, 1.54) is 4.88 Å². The van der Waals surface area contributed by atoms with Gasteiger partial charge in [-0.05, 0) is 29.1 Å². The Balaban J connectivity index is 1.91. The van der Waals surface area contributed by atoms with E-state index in [0.717, 1.165) is 11.3 Å². The number of hydrogen-bond donors (Lipinski definition) is 1. The minimum absolute atomic E-state index is 0.511. The Morgan fingerprint density at radius 2 is 2.00 bits per heavy atom. The Hall–Kier alpha value is -1.39. The second-order valence-corrected chi connectivity index (χ2v) is 5.21. The molecule has 0 unspecified atom stereocenters. The maximum atomic E-state index is 5.66. The van der Waals surface area contributed by atoms with Gasteiger partial charge in [0.2, 0.25) is 0 Å². The summed E-state index contributed by atoms with van der Waals surface area (Å²) in [6.07, 6.45) is 0.639. The third kappa shape index (κ3) is 3.84. The van der Waals surface area contributed by atoms with Crippen LogP contribution < -0.4 is 10.5 Å². The van der Waals surface area contributed by atoms with Crippen molar-refractivity contribution in [1.82, 2.24) is 0 Å². The van der Waals surface area contributed by atoms with Crippen LogP contribution in [0, 0.1) is 0 Å². The van der Waals surface area contributed by atoms with E-state index in [-0.39, 0.29) is 0 Å². The molecule has 0 fully saturated rings. The Morgan fingerprint density at radius 3 is 2.59 bits per heavy atom. The fraction of sp³-hybridized carbons (Fsp3) is 0.154. The molecule has 0 radical (unpaired) electrons. The van der Waals surface area contributed by atoms with Crippen LogP contribution in [0.15, 0.2) is 41.8 Å². The highest BCUT2D eigenvalue weighted by atomic mass is 32.1. The van der Waals surface area contributed by atoms with Crippen molar-refractivity contribution in [2.45, 2.75) is 13.0 Å². The molecule has 0 amide bonds. The van der Waals surface area contributed by atoms with Crippen LogP contribution in [0.3, 0.4) is 0 Å². The first-order valence-electron chi connectivity index (χ1n) is 5.26. The number of thiocarbonyl (C=S) groups is 1. The lowest BCUT2D eigenvalue weighted by atomic mass is 10.1. The van der Waals surface area contributed by atoms with Crippen molar-refractivity contribution in [1.29, 1.82) is 0 Å². The van der Waals surface area contributed by atoms with Gasteiger partial charge < -0.3 is 10.5 Å². The highest BCUT2D eigenvalue weighted by Crippen LogP contribution is 2.16. The molecule has 2 aromatic rings. The number of ether oxygens (including phenoxy) is 1. The van der Waals surface area contributed by atoms with Gasteiger partial charge in [0.05, 0.1) is 4.99 Å². The zero-order chi connectivity index (χ0) is 12.1. The lowest BCUT2D eigenvalue weighted by molar-refractivity contribution is 0.310. The highest BCUT2D eigenvalue weighted by molar-refractivity contribution is 7.80. The van der Waals surface area contributed by atoms with E-state index in [2.05, 4.69) is 6.07 Å². The molecule has 2 rings (SSSR count). The van der Waals surface area contributed by atoms with Crippen molar-refractivity contribution in [2.24, 2.45) is 5.73 Å². The summed E-state index contributed by atoms with van der Waals surface area (Å²) in [5.41, 5.74) is 6.60. The molecular weight excluding hydrogens is 250 g/mol. The zero-order valence-electron chi connectivity index (χ0n) is 9.26. The predicted octanol–water partition coefficient (Wildman–Crippen LogP) is 3.16. The van der Waals surface area contributed by atoms with Gasteiger partial charge in [-0.1, -0.05) is 30.4 Å². The van der Waals surface area contributed by atoms with Crippen molar-refractivity contribution in [3.63, 3.8) is 0 Å². The predicted molar refractivity (Wildman–Crippen MR) is 75.6 cm³/mol. The van der Waals surface area contributed by atoms with E-state index in [1.54, 1.807) is 11.3 Å². The summed E-state index contributed by atoms with van der Waals surface area (Å²) in [6.45, 7) is 0.617. The number of benzene rings is 1. The molecule has 0 aliphatic heterocycles. The van der Waals surface area contributed by atoms with Gasteiger partial charge in [0.1, 0.15) is 12.4 Å². The Kier molecular flexibility index (Phi) is 4.12. The minimum atomic E-state index is 0.511. The van der Waals surface area contributed by atoms with Gasteiger partial charge in [-0.15, -0.1) is 11.3 Å². The van der Waals surface area contributed by atoms with Crippen LogP contribution >= 0.6 is 23.6 Å². The molecule has 0 aliphatic carbocycles. The average molecular weight is 263 g/mol. The SMILES string of the molecule is NC(=S)Cc1ccc(OCc2cccs2)cc1. The van der Waals surface area contributed by atoms with Crippen molar-refractivity contribution in [3.05, 3.63) is 52.2 Å². The molecule has 1 heterocycles. The molecule has 0 bridgehead atoms. The third-order valence-electron chi connectivity index (χ3n) is 2.26. The van der Waals surface area contributed by atoms with E-state index in [0.29, 0.717) is 18.0 Å². The topological polar surface area (TPSA) is 35.2 Å². The summed E-state index contributed by atoms with van der Waals surface area (Å²) < 4.78 is 5.66. The molecule has 88 valence electrons. The van der Waals surface area contributed by atoms with Gasteiger partial charge >= 0.3 is 0 Å². The molecule has 4 heteroatoms. The highest BCUT2D eigenvalue weighted by Gasteiger charge is 1.98.